The Bertz CT molecular complexity index is 833. The van der Waals surface area contributed by atoms with Crippen LogP contribution in [0.25, 0.3) is 11.0 Å². The Morgan fingerprint density at radius 2 is 2.09 bits per heavy atom. The first-order valence-electron chi connectivity index (χ1n) is 6.54. The van der Waals surface area contributed by atoms with E-state index in [0.29, 0.717) is 16.5 Å². The van der Waals surface area contributed by atoms with E-state index >= 15 is 0 Å². The lowest BCUT2D eigenvalue weighted by Crippen LogP contribution is -2.20. The zero-order valence-electron chi connectivity index (χ0n) is 12.1. The van der Waals surface area contributed by atoms with Gasteiger partial charge in [-0.2, -0.15) is 0 Å². The van der Waals surface area contributed by atoms with Crippen molar-refractivity contribution in [1.82, 2.24) is 5.32 Å². The van der Waals surface area contributed by atoms with Gasteiger partial charge in [0, 0.05) is 11.6 Å². The molecule has 1 aromatic carbocycles. The molecular formula is C16H15NO5. The third-order valence-corrected chi connectivity index (χ3v) is 2.70. The van der Waals surface area contributed by atoms with E-state index in [2.05, 4.69) is 17.2 Å². The van der Waals surface area contributed by atoms with Crippen LogP contribution in [0.3, 0.4) is 0 Å². The fraction of sp³-hybridized carbons (Fsp3) is 0.250. The third kappa shape index (κ3) is 4.11. The minimum Gasteiger partial charge on any atom is -0.465 e. The summed E-state index contributed by atoms with van der Waals surface area (Å²) in [5, 5.41) is 20.6. The van der Waals surface area contributed by atoms with Crippen molar-refractivity contribution in [3.05, 3.63) is 45.8 Å². The summed E-state index contributed by atoms with van der Waals surface area (Å²) < 4.78 is 5.47. The Morgan fingerprint density at radius 1 is 1.36 bits per heavy atom. The molecular weight excluding hydrogens is 286 g/mol. The highest BCUT2D eigenvalue weighted by molar-refractivity contribution is 5.78. The molecule has 0 saturated carbocycles. The number of aliphatic hydroxyl groups is 1. The molecule has 22 heavy (non-hydrogen) atoms. The highest BCUT2D eigenvalue weighted by atomic mass is 16.4. The number of hydrogen-bond donors (Lipinski definition) is 3. The van der Waals surface area contributed by atoms with Gasteiger partial charge in [-0.25, -0.2) is 4.79 Å². The summed E-state index contributed by atoms with van der Waals surface area (Å²) in [7, 11) is 0. The maximum absolute atomic E-state index is 12.1. The lowest BCUT2D eigenvalue weighted by molar-refractivity contribution is 0.143. The summed E-state index contributed by atoms with van der Waals surface area (Å²) in [6.45, 7) is 3.05. The van der Waals surface area contributed by atoms with Crippen LogP contribution in [0.4, 0.5) is 4.79 Å². The summed E-state index contributed by atoms with van der Waals surface area (Å²) in [6.07, 6.45) is -1.19. The van der Waals surface area contributed by atoms with Gasteiger partial charge < -0.3 is 19.9 Å². The van der Waals surface area contributed by atoms with E-state index in [1.54, 1.807) is 32.0 Å². The molecule has 6 nitrogen and oxygen atoms in total. The summed E-state index contributed by atoms with van der Waals surface area (Å²) in [6, 6.07) is 6.08. The Balaban J connectivity index is 2.40. The van der Waals surface area contributed by atoms with Crippen molar-refractivity contribution < 1.29 is 19.4 Å². The van der Waals surface area contributed by atoms with Crippen molar-refractivity contribution in [3.63, 3.8) is 0 Å². The summed E-state index contributed by atoms with van der Waals surface area (Å²) in [4.78, 5) is 22.5. The fourth-order valence-corrected chi connectivity index (χ4v) is 1.76. The van der Waals surface area contributed by atoms with Crippen LogP contribution in [0.2, 0.25) is 0 Å². The van der Waals surface area contributed by atoms with E-state index in [0.717, 1.165) is 0 Å². The van der Waals surface area contributed by atoms with Gasteiger partial charge in [0.05, 0.1) is 11.9 Å². The Morgan fingerprint density at radius 3 is 2.73 bits per heavy atom. The molecule has 6 heteroatoms. The number of benzene rings is 1. The van der Waals surface area contributed by atoms with E-state index in [-0.39, 0.29) is 17.7 Å². The van der Waals surface area contributed by atoms with Crippen LogP contribution in [0.5, 0.6) is 0 Å². The van der Waals surface area contributed by atoms with Gasteiger partial charge in [0.2, 0.25) is 0 Å². The standard InChI is InChI=1S/C16H15NO5/c1-16(2,21)6-5-10-3-4-14-12(7-10)13(18)8-11(22-14)9-17-15(19)20/h3-4,7-8,17,21H,9H2,1-2H3,(H,19,20). The molecule has 0 fully saturated rings. The Kier molecular flexibility index (Phi) is 4.20. The van der Waals surface area contributed by atoms with Gasteiger partial charge >= 0.3 is 6.09 Å². The third-order valence-electron chi connectivity index (χ3n) is 2.70. The van der Waals surface area contributed by atoms with Gasteiger partial charge in [0.15, 0.2) is 5.43 Å². The molecule has 1 heterocycles. The second-order valence-electron chi connectivity index (χ2n) is 5.26. The number of fused-ring (bicyclic) bond motifs is 1. The number of amides is 1. The topological polar surface area (TPSA) is 99.8 Å². The SMILES string of the molecule is CC(C)(O)C#Cc1ccc2oc(CNC(=O)O)cc(=O)c2c1. The number of carboxylic acid groups (broad SMARTS) is 1. The lowest BCUT2D eigenvalue weighted by Gasteiger charge is -2.06. The first kappa shape index (κ1) is 15.6. The molecule has 0 unspecified atom stereocenters. The van der Waals surface area contributed by atoms with E-state index < -0.39 is 11.7 Å². The van der Waals surface area contributed by atoms with E-state index in [1.807, 2.05) is 0 Å². The van der Waals surface area contributed by atoms with Gasteiger partial charge in [-0.15, -0.1) is 0 Å². The number of rotatable bonds is 2. The van der Waals surface area contributed by atoms with Crippen LogP contribution in [-0.2, 0) is 6.54 Å². The van der Waals surface area contributed by atoms with Crippen LogP contribution in [0, 0.1) is 11.8 Å². The lowest BCUT2D eigenvalue weighted by atomic mass is 10.1. The molecule has 114 valence electrons. The summed E-state index contributed by atoms with van der Waals surface area (Å²) >= 11 is 0. The fourth-order valence-electron chi connectivity index (χ4n) is 1.76. The molecule has 0 aliphatic heterocycles. The largest absolute Gasteiger partial charge is 0.465 e. The molecule has 3 N–H and O–H groups in total. The first-order chi connectivity index (χ1) is 10.2. The maximum atomic E-state index is 12.1. The highest BCUT2D eigenvalue weighted by Crippen LogP contribution is 2.14. The number of nitrogens with one attached hydrogen (secondary N) is 1. The van der Waals surface area contributed by atoms with Crippen molar-refractivity contribution in [1.29, 1.82) is 0 Å². The number of hydrogen-bond acceptors (Lipinski definition) is 4. The second kappa shape index (κ2) is 5.92. The zero-order valence-corrected chi connectivity index (χ0v) is 12.1. The summed E-state index contributed by atoms with van der Waals surface area (Å²) in [5.74, 6) is 5.68. The van der Waals surface area contributed by atoms with Crippen molar-refractivity contribution in [2.45, 2.75) is 26.0 Å². The minimum atomic E-state index is -1.19. The molecule has 0 aliphatic rings. The number of carbonyl (C=O) groups is 1. The van der Waals surface area contributed by atoms with Crippen molar-refractivity contribution in [2.24, 2.45) is 0 Å². The highest BCUT2D eigenvalue weighted by Gasteiger charge is 2.08. The maximum Gasteiger partial charge on any atom is 0.405 e. The van der Waals surface area contributed by atoms with Gasteiger partial charge in [-0.05, 0) is 32.0 Å². The van der Waals surface area contributed by atoms with E-state index in [9.17, 15) is 14.7 Å². The Hall–Kier alpha value is -2.78. The Labute approximate surface area is 126 Å². The first-order valence-corrected chi connectivity index (χ1v) is 6.54. The summed E-state index contributed by atoms with van der Waals surface area (Å²) in [5.41, 5.74) is -0.469. The van der Waals surface area contributed by atoms with Crippen LogP contribution in [0.15, 0.2) is 33.5 Å². The van der Waals surface area contributed by atoms with Gasteiger partial charge in [-0.3, -0.25) is 4.79 Å². The van der Waals surface area contributed by atoms with Crippen LogP contribution in [0.1, 0.15) is 25.2 Å². The van der Waals surface area contributed by atoms with Crippen molar-refractivity contribution in [2.75, 3.05) is 0 Å². The van der Waals surface area contributed by atoms with Gasteiger partial charge in [-0.1, -0.05) is 11.8 Å². The monoisotopic (exact) mass is 301 g/mol. The molecule has 2 aromatic rings. The second-order valence-corrected chi connectivity index (χ2v) is 5.26. The minimum absolute atomic E-state index is 0.0826. The zero-order chi connectivity index (χ0) is 16.3. The average molecular weight is 301 g/mol. The van der Waals surface area contributed by atoms with E-state index in [4.69, 9.17) is 9.52 Å². The van der Waals surface area contributed by atoms with Crippen LogP contribution >= 0.6 is 0 Å². The molecule has 0 aliphatic carbocycles. The van der Waals surface area contributed by atoms with Gasteiger partial charge in [0.1, 0.15) is 16.9 Å². The molecule has 0 saturated heterocycles. The molecule has 0 atom stereocenters. The smallest absolute Gasteiger partial charge is 0.405 e. The van der Waals surface area contributed by atoms with Crippen LogP contribution in [-0.4, -0.2) is 21.9 Å². The quantitative estimate of drug-likeness (QED) is 0.733. The molecule has 0 bridgehead atoms. The molecule has 2 rings (SSSR count). The average Bonchev–Trinajstić information content (AvgIpc) is 2.42. The molecule has 1 aromatic heterocycles. The normalized spacial score (nSPS) is 10.9. The molecule has 1 amide bonds. The van der Waals surface area contributed by atoms with Crippen molar-refractivity contribution in [3.8, 4) is 11.8 Å². The molecule has 0 radical (unpaired) electrons. The molecule has 0 spiro atoms. The van der Waals surface area contributed by atoms with Crippen LogP contribution < -0.4 is 10.7 Å². The van der Waals surface area contributed by atoms with Gasteiger partial charge in [0.25, 0.3) is 0 Å². The van der Waals surface area contributed by atoms with E-state index in [1.165, 1.54) is 6.07 Å². The predicted octanol–water partition coefficient (Wildman–Crippen LogP) is 1.68. The van der Waals surface area contributed by atoms with Crippen molar-refractivity contribution >= 4 is 17.1 Å². The predicted molar refractivity (Wildman–Crippen MR) is 80.5 cm³/mol.